The highest BCUT2D eigenvalue weighted by atomic mass is 16.5. The van der Waals surface area contributed by atoms with Gasteiger partial charge in [0.1, 0.15) is 6.10 Å². The first kappa shape index (κ1) is 22.4. The zero-order valence-corrected chi connectivity index (χ0v) is 17.9. The maximum absolute atomic E-state index is 12.5. The fraction of sp³-hybridized carbons (Fsp3) is 0.773. The van der Waals surface area contributed by atoms with Gasteiger partial charge in [0.2, 0.25) is 0 Å². The van der Waals surface area contributed by atoms with E-state index >= 15 is 0 Å². The van der Waals surface area contributed by atoms with Crippen LogP contribution in [0.2, 0.25) is 0 Å². The Morgan fingerprint density at radius 2 is 1.93 bits per heavy atom. The molecule has 0 saturated heterocycles. The summed E-state index contributed by atoms with van der Waals surface area (Å²) in [7, 11) is 0. The Hall–Kier alpha value is -1.85. The van der Waals surface area contributed by atoms with E-state index in [0.29, 0.717) is 12.0 Å². The van der Waals surface area contributed by atoms with Crippen molar-refractivity contribution >= 4 is 17.7 Å². The standard InChI is InChI=1S/C22H34O6/c1-12(9-19(25)26)7-8-21(5)13(2)17(28-15(4)23)11-22(6)14(3)20(27)16(24)10-18(21)22/h12-13,17-18,27H,7-11H2,1-6H3,(H,25,26). The van der Waals surface area contributed by atoms with Crippen molar-refractivity contribution in [2.24, 2.45) is 28.6 Å². The summed E-state index contributed by atoms with van der Waals surface area (Å²) < 4.78 is 5.67. The molecule has 2 aliphatic carbocycles. The molecule has 158 valence electrons. The average Bonchev–Trinajstić information content (AvgIpc) is 2.58. The molecule has 0 aromatic heterocycles. The van der Waals surface area contributed by atoms with Crippen LogP contribution in [0.1, 0.15) is 73.6 Å². The van der Waals surface area contributed by atoms with Crippen LogP contribution in [0.15, 0.2) is 11.3 Å². The van der Waals surface area contributed by atoms with Crippen LogP contribution in [0.25, 0.3) is 0 Å². The first-order valence-corrected chi connectivity index (χ1v) is 10.2. The number of fused-ring (bicyclic) bond motifs is 1. The number of aliphatic carboxylic acids is 1. The number of carboxylic acids is 1. The Balaban J connectivity index is 2.43. The van der Waals surface area contributed by atoms with E-state index in [2.05, 4.69) is 20.8 Å². The molecule has 6 nitrogen and oxygen atoms in total. The van der Waals surface area contributed by atoms with Gasteiger partial charge in [-0.05, 0) is 60.3 Å². The van der Waals surface area contributed by atoms with Crippen LogP contribution in [0.3, 0.4) is 0 Å². The molecule has 0 aliphatic heterocycles. The molecule has 6 unspecified atom stereocenters. The molecule has 2 rings (SSSR count). The quantitative estimate of drug-likeness (QED) is 0.652. The van der Waals surface area contributed by atoms with Crippen molar-refractivity contribution in [2.75, 3.05) is 0 Å². The van der Waals surface area contributed by atoms with Crippen LogP contribution in [0, 0.1) is 28.6 Å². The molecule has 0 bridgehead atoms. The van der Waals surface area contributed by atoms with E-state index in [4.69, 9.17) is 9.84 Å². The second kappa shape index (κ2) is 7.88. The summed E-state index contributed by atoms with van der Waals surface area (Å²) in [6.45, 7) is 11.4. The van der Waals surface area contributed by atoms with E-state index in [-0.39, 0.29) is 59.6 Å². The molecule has 0 amide bonds. The smallest absolute Gasteiger partial charge is 0.303 e. The summed E-state index contributed by atoms with van der Waals surface area (Å²) >= 11 is 0. The number of esters is 1. The van der Waals surface area contributed by atoms with Crippen LogP contribution >= 0.6 is 0 Å². The van der Waals surface area contributed by atoms with Gasteiger partial charge in [0.15, 0.2) is 11.5 Å². The monoisotopic (exact) mass is 394 g/mol. The SMILES string of the molecule is CC(=O)OC1CC2(C)C(C)=C(O)C(=O)CC2C(C)(CCC(C)CC(=O)O)C1C. The first-order chi connectivity index (χ1) is 12.8. The molecule has 1 saturated carbocycles. The number of hydrogen-bond acceptors (Lipinski definition) is 5. The fourth-order valence-electron chi connectivity index (χ4n) is 5.56. The molecule has 0 aromatic carbocycles. The van der Waals surface area contributed by atoms with Gasteiger partial charge in [-0.2, -0.15) is 0 Å². The molecule has 6 heteroatoms. The predicted molar refractivity (Wildman–Crippen MR) is 105 cm³/mol. The van der Waals surface area contributed by atoms with Gasteiger partial charge in [-0.25, -0.2) is 0 Å². The van der Waals surface area contributed by atoms with Gasteiger partial charge in [-0.15, -0.1) is 0 Å². The van der Waals surface area contributed by atoms with Crippen molar-refractivity contribution in [1.29, 1.82) is 0 Å². The van der Waals surface area contributed by atoms with Crippen molar-refractivity contribution in [3.63, 3.8) is 0 Å². The number of carbonyl (C=O) groups is 3. The lowest BCUT2D eigenvalue weighted by Crippen LogP contribution is -2.57. The van der Waals surface area contributed by atoms with E-state index in [1.807, 2.05) is 6.92 Å². The van der Waals surface area contributed by atoms with Crippen LogP contribution in [0.4, 0.5) is 0 Å². The molecular formula is C22H34O6. The molecular weight excluding hydrogens is 360 g/mol. The third-order valence-corrected chi connectivity index (χ3v) is 7.67. The minimum atomic E-state index is -0.812. The number of ketones is 1. The van der Waals surface area contributed by atoms with E-state index < -0.39 is 11.4 Å². The summed E-state index contributed by atoms with van der Waals surface area (Å²) in [6.07, 6.45) is 2.09. The van der Waals surface area contributed by atoms with Gasteiger partial charge >= 0.3 is 11.9 Å². The van der Waals surface area contributed by atoms with Crippen LogP contribution < -0.4 is 0 Å². The fourth-order valence-corrected chi connectivity index (χ4v) is 5.56. The Bertz CT molecular complexity index is 695. The summed E-state index contributed by atoms with van der Waals surface area (Å²) in [5.74, 6) is -1.49. The van der Waals surface area contributed by atoms with Gasteiger partial charge < -0.3 is 14.9 Å². The molecule has 28 heavy (non-hydrogen) atoms. The third kappa shape index (κ3) is 3.96. The summed E-state index contributed by atoms with van der Waals surface area (Å²) in [4.78, 5) is 35.2. The second-order valence-electron chi connectivity index (χ2n) is 9.46. The molecule has 6 atom stereocenters. The number of ether oxygens (including phenoxy) is 1. The second-order valence-corrected chi connectivity index (χ2v) is 9.46. The molecule has 2 N–H and O–H groups in total. The van der Waals surface area contributed by atoms with E-state index in [1.165, 1.54) is 6.92 Å². The minimum absolute atomic E-state index is 0.00207. The number of carboxylic acid groups (broad SMARTS) is 1. The molecule has 2 aliphatic rings. The van der Waals surface area contributed by atoms with Crippen molar-refractivity contribution in [3.05, 3.63) is 11.3 Å². The number of rotatable bonds is 6. The predicted octanol–water partition coefficient (Wildman–Crippen LogP) is 4.28. The van der Waals surface area contributed by atoms with Crippen LogP contribution in [-0.4, -0.2) is 34.0 Å². The summed E-state index contributed by atoms with van der Waals surface area (Å²) in [5.41, 5.74) is -0.102. The lowest BCUT2D eigenvalue weighted by atomic mass is 9.45. The first-order valence-electron chi connectivity index (χ1n) is 10.2. The minimum Gasteiger partial charge on any atom is -0.504 e. The zero-order chi connectivity index (χ0) is 21.4. The van der Waals surface area contributed by atoms with Crippen molar-refractivity contribution in [3.8, 4) is 0 Å². The third-order valence-electron chi connectivity index (χ3n) is 7.67. The number of carbonyl (C=O) groups excluding carboxylic acids is 2. The van der Waals surface area contributed by atoms with Gasteiger partial charge in [0, 0.05) is 19.8 Å². The maximum atomic E-state index is 12.5. The highest BCUT2D eigenvalue weighted by Crippen LogP contribution is 2.62. The molecule has 1 fully saturated rings. The number of allylic oxidation sites excluding steroid dienone is 2. The van der Waals surface area contributed by atoms with E-state index in [1.54, 1.807) is 6.92 Å². The largest absolute Gasteiger partial charge is 0.504 e. The van der Waals surface area contributed by atoms with E-state index in [9.17, 15) is 19.5 Å². The van der Waals surface area contributed by atoms with Crippen molar-refractivity contribution in [2.45, 2.75) is 79.8 Å². The Labute approximate surface area is 167 Å². The number of aliphatic hydroxyl groups excluding tert-OH is 1. The lowest BCUT2D eigenvalue weighted by molar-refractivity contribution is -0.172. The number of Topliss-reactive ketones (excluding diaryl/α,β-unsaturated/α-hetero) is 1. The van der Waals surface area contributed by atoms with Gasteiger partial charge in [0.25, 0.3) is 0 Å². The van der Waals surface area contributed by atoms with Crippen molar-refractivity contribution in [1.82, 2.24) is 0 Å². The molecule has 0 aromatic rings. The summed E-state index contributed by atoms with van der Waals surface area (Å²) in [5, 5.41) is 19.4. The number of hydrogen-bond donors (Lipinski definition) is 2. The summed E-state index contributed by atoms with van der Waals surface area (Å²) in [6, 6.07) is 0. The highest BCUT2D eigenvalue weighted by Gasteiger charge is 2.59. The van der Waals surface area contributed by atoms with Gasteiger partial charge in [-0.1, -0.05) is 27.7 Å². The molecule has 0 heterocycles. The lowest BCUT2D eigenvalue weighted by Gasteiger charge is -2.59. The topological polar surface area (TPSA) is 101 Å². The van der Waals surface area contributed by atoms with Gasteiger partial charge in [-0.3, -0.25) is 14.4 Å². The Morgan fingerprint density at radius 3 is 2.46 bits per heavy atom. The Kier molecular flexibility index (Phi) is 6.31. The number of aliphatic hydroxyl groups is 1. The zero-order valence-electron chi connectivity index (χ0n) is 17.9. The molecule has 0 radical (unpaired) electrons. The Morgan fingerprint density at radius 1 is 1.32 bits per heavy atom. The normalized spacial score (nSPS) is 36.6. The van der Waals surface area contributed by atoms with Crippen LogP contribution in [0.5, 0.6) is 0 Å². The highest BCUT2D eigenvalue weighted by molar-refractivity contribution is 5.95. The molecule has 0 spiro atoms. The average molecular weight is 395 g/mol. The van der Waals surface area contributed by atoms with E-state index in [0.717, 1.165) is 12.8 Å². The maximum Gasteiger partial charge on any atom is 0.303 e. The van der Waals surface area contributed by atoms with Gasteiger partial charge in [0.05, 0.1) is 0 Å². The van der Waals surface area contributed by atoms with Crippen molar-refractivity contribution < 1.29 is 29.3 Å². The van der Waals surface area contributed by atoms with Crippen LogP contribution in [-0.2, 0) is 19.1 Å².